The molecule has 1 amide bonds. The van der Waals surface area contributed by atoms with Gasteiger partial charge in [-0.2, -0.15) is 13.2 Å². The molecule has 0 bridgehead atoms. The van der Waals surface area contributed by atoms with Gasteiger partial charge in [0.15, 0.2) is 0 Å². The van der Waals surface area contributed by atoms with Gasteiger partial charge in [-0.25, -0.2) is 0 Å². The zero-order valence-electron chi connectivity index (χ0n) is 11.2. The van der Waals surface area contributed by atoms with Crippen LogP contribution in [0.25, 0.3) is 0 Å². The van der Waals surface area contributed by atoms with Crippen LogP contribution in [0, 0.1) is 6.92 Å². The van der Waals surface area contributed by atoms with Gasteiger partial charge in [0.05, 0.1) is 11.1 Å². The third-order valence-corrected chi connectivity index (χ3v) is 3.00. The van der Waals surface area contributed by atoms with E-state index in [4.69, 9.17) is 5.73 Å². The number of nitrogen functional groups attached to an aromatic ring is 1. The van der Waals surface area contributed by atoms with Crippen molar-refractivity contribution in [2.45, 2.75) is 13.1 Å². The van der Waals surface area contributed by atoms with Crippen LogP contribution in [0.4, 0.5) is 24.5 Å². The minimum absolute atomic E-state index is 0.274. The maximum atomic E-state index is 12.4. The van der Waals surface area contributed by atoms with Crippen molar-refractivity contribution in [3.05, 3.63) is 59.2 Å². The SMILES string of the molecule is Cc1cccc(N)c1C(=O)Nc1ccc(C(F)(F)F)cc1. The lowest BCUT2D eigenvalue weighted by atomic mass is 10.1. The third-order valence-electron chi connectivity index (χ3n) is 3.00. The number of hydrogen-bond acceptors (Lipinski definition) is 2. The van der Waals surface area contributed by atoms with Gasteiger partial charge in [0.2, 0.25) is 0 Å². The van der Waals surface area contributed by atoms with Crippen LogP contribution in [-0.4, -0.2) is 5.91 Å². The van der Waals surface area contributed by atoms with Crippen molar-refractivity contribution >= 4 is 17.3 Å². The van der Waals surface area contributed by atoms with Crippen molar-refractivity contribution in [1.29, 1.82) is 0 Å². The fourth-order valence-corrected chi connectivity index (χ4v) is 1.94. The lowest BCUT2D eigenvalue weighted by molar-refractivity contribution is -0.137. The van der Waals surface area contributed by atoms with Crippen LogP contribution in [0.2, 0.25) is 0 Å². The summed E-state index contributed by atoms with van der Waals surface area (Å²) < 4.78 is 37.3. The highest BCUT2D eigenvalue weighted by Crippen LogP contribution is 2.30. The van der Waals surface area contributed by atoms with Crippen LogP contribution in [0.15, 0.2) is 42.5 Å². The van der Waals surface area contributed by atoms with Gasteiger partial charge in [0, 0.05) is 11.4 Å². The first-order chi connectivity index (χ1) is 9.79. The van der Waals surface area contributed by atoms with E-state index in [1.807, 2.05) is 0 Å². The van der Waals surface area contributed by atoms with E-state index in [2.05, 4.69) is 5.32 Å². The van der Waals surface area contributed by atoms with Gasteiger partial charge in [0.1, 0.15) is 0 Å². The zero-order valence-corrected chi connectivity index (χ0v) is 11.2. The monoisotopic (exact) mass is 294 g/mol. The first-order valence-electron chi connectivity index (χ1n) is 6.13. The van der Waals surface area contributed by atoms with E-state index in [0.29, 0.717) is 16.8 Å². The fraction of sp³-hybridized carbons (Fsp3) is 0.133. The Balaban J connectivity index is 2.21. The summed E-state index contributed by atoms with van der Waals surface area (Å²) in [6, 6.07) is 9.28. The smallest absolute Gasteiger partial charge is 0.398 e. The topological polar surface area (TPSA) is 55.1 Å². The predicted molar refractivity (Wildman–Crippen MR) is 75.0 cm³/mol. The van der Waals surface area contributed by atoms with Crippen LogP contribution in [-0.2, 0) is 6.18 Å². The summed E-state index contributed by atoms with van der Waals surface area (Å²) >= 11 is 0. The number of amides is 1. The molecule has 0 spiro atoms. The van der Waals surface area contributed by atoms with Crippen LogP contribution < -0.4 is 11.1 Å². The van der Waals surface area contributed by atoms with Gasteiger partial charge in [0.25, 0.3) is 5.91 Å². The number of rotatable bonds is 2. The predicted octanol–water partition coefficient (Wildman–Crippen LogP) is 3.85. The maximum Gasteiger partial charge on any atom is 0.416 e. The molecule has 0 radical (unpaired) electrons. The number of alkyl halides is 3. The molecule has 0 fully saturated rings. The van der Waals surface area contributed by atoms with Crippen LogP contribution in [0.5, 0.6) is 0 Å². The van der Waals surface area contributed by atoms with Crippen molar-refractivity contribution in [3.8, 4) is 0 Å². The van der Waals surface area contributed by atoms with Crippen molar-refractivity contribution in [3.63, 3.8) is 0 Å². The second-order valence-corrected chi connectivity index (χ2v) is 4.57. The lowest BCUT2D eigenvalue weighted by Gasteiger charge is -2.11. The number of carbonyl (C=O) groups excluding carboxylic acids is 1. The van der Waals surface area contributed by atoms with Crippen molar-refractivity contribution < 1.29 is 18.0 Å². The van der Waals surface area contributed by atoms with E-state index in [1.165, 1.54) is 12.1 Å². The molecule has 3 nitrogen and oxygen atoms in total. The van der Waals surface area contributed by atoms with Gasteiger partial charge < -0.3 is 11.1 Å². The second-order valence-electron chi connectivity index (χ2n) is 4.57. The van der Waals surface area contributed by atoms with E-state index in [1.54, 1.807) is 25.1 Å². The Labute approximate surface area is 119 Å². The molecule has 2 aromatic rings. The van der Waals surface area contributed by atoms with Gasteiger partial charge in [-0.15, -0.1) is 0 Å². The number of anilines is 2. The van der Waals surface area contributed by atoms with E-state index in [0.717, 1.165) is 12.1 Å². The van der Waals surface area contributed by atoms with Gasteiger partial charge in [-0.3, -0.25) is 4.79 Å². The van der Waals surface area contributed by atoms with E-state index >= 15 is 0 Å². The number of carbonyl (C=O) groups is 1. The normalized spacial score (nSPS) is 11.2. The molecule has 0 unspecified atom stereocenters. The molecule has 0 aliphatic carbocycles. The summed E-state index contributed by atoms with van der Waals surface area (Å²) in [6.07, 6.45) is -4.40. The molecule has 2 aromatic carbocycles. The van der Waals surface area contributed by atoms with E-state index < -0.39 is 17.6 Å². The Morgan fingerprint density at radius 3 is 2.24 bits per heavy atom. The number of hydrogen-bond donors (Lipinski definition) is 2. The first kappa shape index (κ1) is 14.9. The molecule has 110 valence electrons. The molecular weight excluding hydrogens is 281 g/mol. The fourth-order valence-electron chi connectivity index (χ4n) is 1.94. The third kappa shape index (κ3) is 3.34. The number of benzene rings is 2. The van der Waals surface area contributed by atoms with Crippen molar-refractivity contribution in [2.24, 2.45) is 0 Å². The highest BCUT2D eigenvalue weighted by molar-refractivity contribution is 6.08. The summed E-state index contributed by atoms with van der Waals surface area (Å²) in [5.74, 6) is -0.453. The zero-order chi connectivity index (χ0) is 15.6. The summed E-state index contributed by atoms with van der Waals surface area (Å²) in [7, 11) is 0. The number of nitrogens with two attached hydrogens (primary N) is 1. The number of aryl methyl sites for hydroxylation is 1. The summed E-state index contributed by atoms with van der Waals surface area (Å²) in [5, 5.41) is 2.53. The van der Waals surface area contributed by atoms with Gasteiger partial charge >= 0.3 is 6.18 Å². The molecule has 3 N–H and O–H groups in total. The molecule has 0 saturated carbocycles. The van der Waals surface area contributed by atoms with Gasteiger partial charge in [-0.05, 0) is 42.8 Å². The molecule has 0 aromatic heterocycles. The van der Waals surface area contributed by atoms with Gasteiger partial charge in [-0.1, -0.05) is 12.1 Å². The minimum atomic E-state index is -4.40. The highest BCUT2D eigenvalue weighted by atomic mass is 19.4. The standard InChI is InChI=1S/C15H13F3N2O/c1-9-3-2-4-12(19)13(9)14(21)20-11-7-5-10(6-8-11)15(16,17)18/h2-8H,19H2,1H3,(H,20,21). The van der Waals surface area contributed by atoms with Crippen molar-refractivity contribution in [1.82, 2.24) is 0 Å². The highest BCUT2D eigenvalue weighted by Gasteiger charge is 2.30. The Morgan fingerprint density at radius 2 is 1.71 bits per heavy atom. The van der Waals surface area contributed by atoms with E-state index in [9.17, 15) is 18.0 Å². The first-order valence-corrected chi connectivity index (χ1v) is 6.13. The van der Waals surface area contributed by atoms with Crippen LogP contribution >= 0.6 is 0 Å². The molecule has 0 heterocycles. The molecule has 2 rings (SSSR count). The average molecular weight is 294 g/mol. The quantitative estimate of drug-likeness (QED) is 0.827. The Morgan fingerprint density at radius 1 is 1.10 bits per heavy atom. The van der Waals surface area contributed by atoms with Crippen LogP contribution in [0.1, 0.15) is 21.5 Å². The molecule has 21 heavy (non-hydrogen) atoms. The second kappa shape index (κ2) is 5.47. The number of halogens is 3. The number of nitrogens with one attached hydrogen (secondary N) is 1. The maximum absolute atomic E-state index is 12.4. The Hall–Kier alpha value is -2.50. The summed E-state index contributed by atoms with van der Waals surface area (Å²) in [5.41, 5.74) is 6.58. The molecule has 6 heteroatoms. The largest absolute Gasteiger partial charge is 0.416 e. The molecule has 0 aliphatic rings. The Kier molecular flexibility index (Phi) is 3.88. The minimum Gasteiger partial charge on any atom is -0.398 e. The molecule has 0 atom stereocenters. The van der Waals surface area contributed by atoms with E-state index in [-0.39, 0.29) is 5.69 Å². The summed E-state index contributed by atoms with van der Waals surface area (Å²) in [4.78, 5) is 12.1. The molecular formula is C15H13F3N2O. The summed E-state index contributed by atoms with van der Waals surface area (Å²) in [6.45, 7) is 1.73. The van der Waals surface area contributed by atoms with Crippen molar-refractivity contribution in [2.75, 3.05) is 11.1 Å². The lowest BCUT2D eigenvalue weighted by Crippen LogP contribution is -2.15. The Bertz CT molecular complexity index is 643. The van der Waals surface area contributed by atoms with Crippen LogP contribution in [0.3, 0.4) is 0 Å². The molecule has 0 saturated heterocycles. The molecule has 0 aliphatic heterocycles. The average Bonchev–Trinajstić information content (AvgIpc) is 2.38.